The van der Waals surface area contributed by atoms with Gasteiger partial charge in [0, 0.05) is 6.04 Å². The minimum Gasteiger partial charge on any atom is -0.310 e. The standard InChI is InChI=1S/C14H19NO2S/c1-2-3-6-10-15-13-9-11-18(16,17)14-8-5-4-7-12(13)14/h2-5,7-8,13,15H,6,9-11H2,1H3/b3-2+. The van der Waals surface area contributed by atoms with Crippen LogP contribution in [0.2, 0.25) is 0 Å². The molecule has 0 saturated heterocycles. The molecule has 0 saturated carbocycles. The zero-order chi connectivity index (χ0) is 13.0. The number of nitrogens with one attached hydrogen (secondary N) is 1. The average molecular weight is 265 g/mol. The predicted molar refractivity (Wildman–Crippen MR) is 73.3 cm³/mol. The van der Waals surface area contributed by atoms with Gasteiger partial charge in [-0.3, -0.25) is 0 Å². The van der Waals surface area contributed by atoms with Crippen LogP contribution in [0.5, 0.6) is 0 Å². The van der Waals surface area contributed by atoms with Crippen LogP contribution in [0.15, 0.2) is 41.3 Å². The van der Waals surface area contributed by atoms with Gasteiger partial charge in [0.1, 0.15) is 0 Å². The second kappa shape index (κ2) is 5.67. The molecule has 2 rings (SSSR count). The highest BCUT2D eigenvalue weighted by molar-refractivity contribution is 7.91. The fourth-order valence-electron chi connectivity index (χ4n) is 2.31. The van der Waals surface area contributed by atoms with Crippen molar-refractivity contribution >= 4 is 9.84 Å². The number of benzene rings is 1. The van der Waals surface area contributed by atoms with Crippen molar-refractivity contribution in [3.8, 4) is 0 Å². The highest BCUT2D eigenvalue weighted by Crippen LogP contribution is 2.31. The van der Waals surface area contributed by atoms with Gasteiger partial charge in [0.15, 0.2) is 9.84 Å². The first-order valence-corrected chi connectivity index (χ1v) is 7.96. The molecule has 18 heavy (non-hydrogen) atoms. The number of hydrogen-bond acceptors (Lipinski definition) is 3. The van der Waals surface area contributed by atoms with E-state index < -0.39 is 9.84 Å². The Morgan fingerprint density at radius 3 is 2.94 bits per heavy atom. The van der Waals surface area contributed by atoms with Crippen LogP contribution in [0.1, 0.15) is 31.4 Å². The highest BCUT2D eigenvalue weighted by Gasteiger charge is 2.29. The molecule has 0 radical (unpaired) electrons. The summed E-state index contributed by atoms with van der Waals surface area (Å²) in [5, 5.41) is 3.43. The normalized spacial score (nSPS) is 21.9. The third kappa shape index (κ3) is 2.82. The third-order valence-electron chi connectivity index (χ3n) is 3.24. The van der Waals surface area contributed by atoms with Crippen LogP contribution in [0.25, 0.3) is 0 Å². The lowest BCUT2D eigenvalue weighted by atomic mass is 10.0. The van der Waals surface area contributed by atoms with Gasteiger partial charge in [-0.05, 0) is 37.9 Å². The van der Waals surface area contributed by atoms with E-state index in [9.17, 15) is 8.42 Å². The second-order valence-corrected chi connectivity index (χ2v) is 6.59. The summed E-state index contributed by atoms with van der Waals surface area (Å²) < 4.78 is 23.9. The molecule has 1 heterocycles. The summed E-state index contributed by atoms with van der Waals surface area (Å²) in [6, 6.07) is 7.48. The first-order valence-electron chi connectivity index (χ1n) is 6.31. The number of rotatable bonds is 4. The van der Waals surface area contributed by atoms with Gasteiger partial charge >= 0.3 is 0 Å². The van der Waals surface area contributed by atoms with Crippen molar-refractivity contribution in [3.05, 3.63) is 42.0 Å². The molecule has 1 aromatic carbocycles. The van der Waals surface area contributed by atoms with Crippen LogP contribution >= 0.6 is 0 Å². The molecular weight excluding hydrogens is 246 g/mol. The summed E-state index contributed by atoms with van der Waals surface area (Å²) in [4.78, 5) is 0.500. The van der Waals surface area contributed by atoms with Crippen LogP contribution < -0.4 is 5.32 Å². The maximum atomic E-state index is 12.0. The second-order valence-electron chi connectivity index (χ2n) is 4.51. The van der Waals surface area contributed by atoms with Crippen molar-refractivity contribution in [2.24, 2.45) is 0 Å². The van der Waals surface area contributed by atoms with E-state index in [-0.39, 0.29) is 11.8 Å². The van der Waals surface area contributed by atoms with E-state index in [0.717, 1.165) is 18.5 Å². The highest BCUT2D eigenvalue weighted by atomic mass is 32.2. The Kier molecular flexibility index (Phi) is 4.19. The van der Waals surface area contributed by atoms with Gasteiger partial charge in [0.2, 0.25) is 0 Å². The summed E-state index contributed by atoms with van der Waals surface area (Å²) >= 11 is 0. The van der Waals surface area contributed by atoms with Gasteiger partial charge in [-0.2, -0.15) is 0 Å². The Labute approximate surface area is 109 Å². The minimum atomic E-state index is -3.06. The molecule has 1 aliphatic heterocycles. The number of sulfone groups is 1. The van der Waals surface area contributed by atoms with E-state index in [1.165, 1.54) is 0 Å². The van der Waals surface area contributed by atoms with Crippen LogP contribution in [-0.2, 0) is 9.84 Å². The fourth-order valence-corrected chi connectivity index (χ4v) is 3.93. The van der Waals surface area contributed by atoms with E-state index in [2.05, 4.69) is 11.4 Å². The molecule has 1 unspecified atom stereocenters. The molecule has 0 amide bonds. The lowest BCUT2D eigenvalue weighted by Gasteiger charge is -2.26. The van der Waals surface area contributed by atoms with E-state index in [0.29, 0.717) is 11.3 Å². The molecule has 0 aromatic heterocycles. The molecule has 0 fully saturated rings. The maximum Gasteiger partial charge on any atom is 0.178 e. The number of fused-ring (bicyclic) bond motifs is 1. The topological polar surface area (TPSA) is 46.2 Å². The SMILES string of the molecule is C/C=C/CCNC1CCS(=O)(=O)c2ccccc21. The van der Waals surface area contributed by atoms with Crippen LogP contribution in [0, 0.1) is 0 Å². The largest absolute Gasteiger partial charge is 0.310 e. The zero-order valence-electron chi connectivity index (χ0n) is 10.6. The Bertz CT molecular complexity index is 534. The fraction of sp³-hybridized carbons (Fsp3) is 0.429. The van der Waals surface area contributed by atoms with E-state index >= 15 is 0 Å². The Hall–Kier alpha value is -1.13. The van der Waals surface area contributed by atoms with Gasteiger partial charge in [-0.25, -0.2) is 8.42 Å². The number of allylic oxidation sites excluding steroid dienone is 1. The van der Waals surface area contributed by atoms with Crippen LogP contribution in [0.3, 0.4) is 0 Å². The summed E-state index contributed by atoms with van der Waals surface area (Å²) in [7, 11) is -3.06. The van der Waals surface area contributed by atoms with Crippen LogP contribution in [0.4, 0.5) is 0 Å². The van der Waals surface area contributed by atoms with Crippen LogP contribution in [-0.4, -0.2) is 20.7 Å². The monoisotopic (exact) mass is 265 g/mol. The van der Waals surface area contributed by atoms with Gasteiger partial charge in [-0.1, -0.05) is 30.4 Å². The van der Waals surface area contributed by atoms with Crippen molar-refractivity contribution in [3.63, 3.8) is 0 Å². The lowest BCUT2D eigenvalue weighted by molar-refractivity contribution is 0.497. The maximum absolute atomic E-state index is 12.0. The van der Waals surface area contributed by atoms with Gasteiger partial charge < -0.3 is 5.32 Å². The van der Waals surface area contributed by atoms with Crippen molar-refractivity contribution in [1.29, 1.82) is 0 Å². The molecule has 1 atom stereocenters. The molecule has 98 valence electrons. The predicted octanol–water partition coefficient (Wildman–Crippen LogP) is 2.46. The van der Waals surface area contributed by atoms with Crippen molar-refractivity contribution in [2.75, 3.05) is 12.3 Å². The van der Waals surface area contributed by atoms with Crippen molar-refractivity contribution in [1.82, 2.24) is 5.32 Å². The minimum absolute atomic E-state index is 0.162. The van der Waals surface area contributed by atoms with Gasteiger partial charge in [-0.15, -0.1) is 0 Å². The lowest BCUT2D eigenvalue weighted by Crippen LogP contribution is -2.30. The van der Waals surface area contributed by atoms with Crippen molar-refractivity contribution in [2.45, 2.75) is 30.7 Å². The molecular formula is C14H19NO2S. The molecule has 1 N–H and O–H groups in total. The first kappa shape index (κ1) is 13.3. The molecule has 0 aliphatic carbocycles. The first-order chi connectivity index (χ1) is 8.65. The quantitative estimate of drug-likeness (QED) is 0.672. The van der Waals surface area contributed by atoms with Crippen molar-refractivity contribution < 1.29 is 8.42 Å². The summed E-state index contributed by atoms with van der Waals surface area (Å²) in [6.07, 6.45) is 5.77. The summed E-state index contributed by atoms with van der Waals surface area (Å²) in [6.45, 7) is 2.88. The Balaban J connectivity index is 2.16. The van der Waals surface area contributed by atoms with E-state index in [1.807, 2.05) is 25.1 Å². The van der Waals surface area contributed by atoms with Gasteiger partial charge in [0.05, 0.1) is 10.6 Å². The molecule has 1 aromatic rings. The summed E-state index contributed by atoms with van der Waals surface area (Å²) in [5.74, 6) is 0.241. The Morgan fingerprint density at radius 2 is 2.17 bits per heavy atom. The molecule has 3 nitrogen and oxygen atoms in total. The van der Waals surface area contributed by atoms with Gasteiger partial charge in [0.25, 0.3) is 0 Å². The number of hydrogen-bond donors (Lipinski definition) is 1. The summed E-state index contributed by atoms with van der Waals surface area (Å²) in [5.41, 5.74) is 0.921. The van der Waals surface area contributed by atoms with E-state index in [1.54, 1.807) is 12.1 Å². The molecule has 4 heteroatoms. The smallest absolute Gasteiger partial charge is 0.178 e. The zero-order valence-corrected chi connectivity index (χ0v) is 11.4. The molecule has 1 aliphatic rings. The Morgan fingerprint density at radius 1 is 1.39 bits per heavy atom. The molecule has 0 bridgehead atoms. The average Bonchev–Trinajstić information content (AvgIpc) is 2.37. The third-order valence-corrected chi connectivity index (χ3v) is 5.06. The molecule has 0 spiro atoms. The van der Waals surface area contributed by atoms with E-state index in [4.69, 9.17) is 0 Å².